The Hall–Kier alpha value is -1.35. The molecule has 15 heavy (non-hydrogen) atoms. The van der Waals surface area contributed by atoms with Crippen LogP contribution in [0.5, 0.6) is 0 Å². The van der Waals surface area contributed by atoms with Crippen LogP contribution in [-0.2, 0) is 4.79 Å². The average molecular weight is 207 g/mol. The van der Waals surface area contributed by atoms with Crippen molar-refractivity contribution in [1.82, 2.24) is 0 Å². The van der Waals surface area contributed by atoms with Crippen LogP contribution in [0.1, 0.15) is 30.5 Å². The Kier molecular flexibility index (Phi) is 3.86. The lowest BCUT2D eigenvalue weighted by Crippen LogP contribution is -2.27. The summed E-state index contributed by atoms with van der Waals surface area (Å²) in [5.74, 6) is -1.33. The molecule has 0 saturated heterocycles. The van der Waals surface area contributed by atoms with E-state index in [2.05, 4.69) is 0 Å². The Morgan fingerprint density at radius 3 is 2.67 bits per heavy atom. The molecule has 3 nitrogen and oxygen atoms in total. The third-order valence-corrected chi connectivity index (χ3v) is 2.62. The predicted molar refractivity (Wildman–Crippen MR) is 59.5 cm³/mol. The standard InChI is InChI=1S/C12H17NO2/c1-3-10(12(14)15)11(13)9-6-4-5-8(2)7-9/h4-7,10-11H,3,13H2,1-2H3,(H,14,15). The number of benzene rings is 1. The van der Waals surface area contributed by atoms with E-state index >= 15 is 0 Å². The van der Waals surface area contributed by atoms with Crippen molar-refractivity contribution in [1.29, 1.82) is 0 Å². The molecule has 3 N–H and O–H groups in total. The quantitative estimate of drug-likeness (QED) is 0.794. The lowest BCUT2D eigenvalue weighted by Gasteiger charge is -2.19. The third kappa shape index (κ3) is 2.80. The highest BCUT2D eigenvalue weighted by Gasteiger charge is 2.24. The van der Waals surface area contributed by atoms with E-state index in [0.29, 0.717) is 6.42 Å². The summed E-state index contributed by atoms with van der Waals surface area (Å²) in [5, 5.41) is 8.99. The Labute approximate surface area is 89.9 Å². The molecular formula is C12H17NO2. The van der Waals surface area contributed by atoms with Crippen molar-refractivity contribution in [3.8, 4) is 0 Å². The molecule has 1 aromatic carbocycles. The number of carboxylic acid groups (broad SMARTS) is 1. The topological polar surface area (TPSA) is 63.3 Å². The zero-order valence-electron chi connectivity index (χ0n) is 9.10. The molecule has 0 spiro atoms. The molecule has 0 bridgehead atoms. The summed E-state index contributed by atoms with van der Waals surface area (Å²) >= 11 is 0. The van der Waals surface area contributed by atoms with Crippen molar-refractivity contribution in [3.05, 3.63) is 35.4 Å². The fourth-order valence-electron chi connectivity index (χ4n) is 1.69. The van der Waals surface area contributed by atoms with Gasteiger partial charge in [-0.15, -0.1) is 0 Å². The van der Waals surface area contributed by atoms with Gasteiger partial charge in [0.05, 0.1) is 5.92 Å². The van der Waals surface area contributed by atoms with Crippen LogP contribution in [0.15, 0.2) is 24.3 Å². The van der Waals surface area contributed by atoms with Crippen molar-refractivity contribution < 1.29 is 9.90 Å². The molecule has 0 aliphatic rings. The van der Waals surface area contributed by atoms with E-state index in [1.54, 1.807) is 0 Å². The number of carboxylic acids is 1. The molecule has 1 rings (SSSR count). The zero-order valence-corrected chi connectivity index (χ0v) is 9.10. The van der Waals surface area contributed by atoms with Gasteiger partial charge in [-0.3, -0.25) is 4.79 Å². The van der Waals surface area contributed by atoms with E-state index in [9.17, 15) is 4.79 Å². The van der Waals surface area contributed by atoms with Crippen LogP contribution in [-0.4, -0.2) is 11.1 Å². The second kappa shape index (κ2) is 4.94. The zero-order chi connectivity index (χ0) is 11.4. The predicted octanol–water partition coefficient (Wildman–Crippen LogP) is 2.11. The van der Waals surface area contributed by atoms with E-state index in [4.69, 9.17) is 10.8 Å². The van der Waals surface area contributed by atoms with Crippen LogP contribution in [0, 0.1) is 12.8 Å². The maximum absolute atomic E-state index is 11.0. The molecule has 82 valence electrons. The smallest absolute Gasteiger partial charge is 0.308 e. The van der Waals surface area contributed by atoms with Crippen molar-refractivity contribution in [3.63, 3.8) is 0 Å². The first-order valence-corrected chi connectivity index (χ1v) is 5.11. The maximum atomic E-state index is 11.0. The van der Waals surface area contributed by atoms with Gasteiger partial charge < -0.3 is 10.8 Å². The SMILES string of the molecule is CCC(C(=O)O)C(N)c1cccc(C)c1. The van der Waals surface area contributed by atoms with Crippen molar-refractivity contribution >= 4 is 5.97 Å². The number of nitrogens with two attached hydrogens (primary N) is 1. The number of carbonyl (C=O) groups is 1. The average Bonchev–Trinajstić information content (AvgIpc) is 2.18. The molecule has 0 radical (unpaired) electrons. The molecule has 1 aromatic rings. The minimum absolute atomic E-state index is 0.424. The maximum Gasteiger partial charge on any atom is 0.308 e. The molecule has 0 aliphatic carbocycles. The number of hydrogen-bond acceptors (Lipinski definition) is 2. The molecule has 0 amide bonds. The summed E-state index contributed by atoms with van der Waals surface area (Å²) in [6, 6.07) is 7.27. The molecule has 2 atom stereocenters. The van der Waals surface area contributed by atoms with Gasteiger partial charge in [-0.1, -0.05) is 36.8 Å². The fourth-order valence-corrected chi connectivity index (χ4v) is 1.69. The van der Waals surface area contributed by atoms with Crippen molar-refractivity contribution in [2.75, 3.05) is 0 Å². The highest BCUT2D eigenvalue weighted by molar-refractivity contribution is 5.71. The normalized spacial score (nSPS) is 14.6. The third-order valence-electron chi connectivity index (χ3n) is 2.62. The van der Waals surface area contributed by atoms with E-state index in [1.165, 1.54) is 0 Å². The number of aliphatic carboxylic acids is 1. The molecule has 0 saturated carbocycles. The fraction of sp³-hybridized carbons (Fsp3) is 0.417. The molecule has 3 heteroatoms. The lowest BCUT2D eigenvalue weighted by atomic mass is 9.91. The first kappa shape index (κ1) is 11.7. The van der Waals surface area contributed by atoms with Gasteiger partial charge in [-0.2, -0.15) is 0 Å². The monoisotopic (exact) mass is 207 g/mol. The second-order valence-electron chi connectivity index (χ2n) is 3.79. The minimum Gasteiger partial charge on any atom is -0.481 e. The summed E-state index contributed by atoms with van der Waals surface area (Å²) in [6.45, 7) is 3.81. The molecule has 0 aromatic heterocycles. The van der Waals surface area contributed by atoms with Crippen LogP contribution in [0.25, 0.3) is 0 Å². The van der Waals surface area contributed by atoms with Crippen molar-refractivity contribution in [2.24, 2.45) is 11.7 Å². The highest BCUT2D eigenvalue weighted by atomic mass is 16.4. The van der Waals surface area contributed by atoms with Gasteiger partial charge in [0.25, 0.3) is 0 Å². The van der Waals surface area contributed by atoms with Gasteiger partial charge in [0.1, 0.15) is 0 Å². The number of rotatable bonds is 4. The van der Waals surface area contributed by atoms with E-state index in [0.717, 1.165) is 11.1 Å². The van der Waals surface area contributed by atoms with Crippen LogP contribution in [0.3, 0.4) is 0 Å². The highest BCUT2D eigenvalue weighted by Crippen LogP contribution is 2.23. The Balaban J connectivity index is 2.92. The second-order valence-corrected chi connectivity index (χ2v) is 3.79. The summed E-state index contributed by atoms with van der Waals surface area (Å²) in [6.07, 6.45) is 0.546. The van der Waals surface area contributed by atoms with E-state index in [1.807, 2.05) is 38.1 Å². The van der Waals surface area contributed by atoms with Crippen LogP contribution in [0.2, 0.25) is 0 Å². The summed E-state index contributed by atoms with van der Waals surface area (Å²) < 4.78 is 0. The molecular weight excluding hydrogens is 190 g/mol. The summed E-state index contributed by atoms with van der Waals surface area (Å²) in [4.78, 5) is 11.0. The van der Waals surface area contributed by atoms with E-state index in [-0.39, 0.29) is 0 Å². The molecule has 0 aliphatic heterocycles. The Morgan fingerprint density at radius 1 is 1.53 bits per heavy atom. The largest absolute Gasteiger partial charge is 0.481 e. The minimum atomic E-state index is -0.827. The van der Waals surface area contributed by atoms with Gasteiger partial charge >= 0.3 is 5.97 Å². The van der Waals surface area contributed by atoms with Gasteiger partial charge in [0, 0.05) is 6.04 Å². The van der Waals surface area contributed by atoms with Gasteiger partial charge in [0.2, 0.25) is 0 Å². The number of hydrogen-bond donors (Lipinski definition) is 2. The Bertz CT molecular complexity index is 349. The first-order chi connectivity index (χ1) is 7.06. The van der Waals surface area contributed by atoms with Gasteiger partial charge in [-0.25, -0.2) is 0 Å². The number of aryl methyl sites for hydroxylation is 1. The van der Waals surface area contributed by atoms with Crippen molar-refractivity contribution in [2.45, 2.75) is 26.3 Å². The molecule has 0 heterocycles. The summed E-state index contributed by atoms with van der Waals surface area (Å²) in [5.41, 5.74) is 7.93. The van der Waals surface area contributed by atoms with E-state index < -0.39 is 17.9 Å². The summed E-state index contributed by atoms with van der Waals surface area (Å²) in [7, 11) is 0. The molecule has 2 unspecified atom stereocenters. The van der Waals surface area contributed by atoms with Crippen LogP contribution < -0.4 is 5.73 Å². The van der Waals surface area contributed by atoms with Gasteiger partial charge in [-0.05, 0) is 18.9 Å². The Morgan fingerprint density at radius 2 is 2.20 bits per heavy atom. The lowest BCUT2D eigenvalue weighted by molar-refractivity contribution is -0.142. The van der Waals surface area contributed by atoms with Crippen LogP contribution >= 0.6 is 0 Å². The van der Waals surface area contributed by atoms with Gasteiger partial charge in [0.15, 0.2) is 0 Å². The van der Waals surface area contributed by atoms with Crippen LogP contribution in [0.4, 0.5) is 0 Å². The molecule has 0 fully saturated rings. The first-order valence-electron chi connectivity index (χ1n) is 5.11.